The Hall–Kier alpha value is -2.85. The number of hydrogen-bond acceptors (Lipinski definition) is 4. The van der Waals surface area contributed by atoms with E-state index in [2.05, 4.69) is 19.4 Å². The number of carbonyl (C=O) groups is 2. The fourth-order valence-electron chi connectivity index (χ4n) is 5.16. The zero-order chi connectivity index (χ0) is 26.7. The number of amides is 1. The van der Waals surface area contributed by atoms with E-state index in [0.29, 0.717) is 28.9 Å². The number of halogens is 5. The Morgan fingerprint density at radius 2 is 1.86 bits per heavy atom. The summed E-state index contributed by atoms with van der Waals surface area (Å²) >= 11 is 6.09. The van der Waals surface area contributed by atoms with Gasteiger partial charge in [-0.25, -0.2) is 9.18 Å². The molecular weight excluding hydrogens is 504 g/mol. The molecule has 2 atom stereocenters. The number of piperidine rings is 1. The molecule has 2 bridgehead atoms. The molecule has 0 saturated carbocycles. The maximum Gasteiger partial charge on any atom is 0.430 e. The summed E-state index contributed by atoms with van der Waals surface area (Å²) in [6.45, 7) is 0.379. The molecular formula is C25H27ClF4N2O4. The lowest BCUT2D eigenvalue weighted by Crippen LogP contribution is -2.63. The van der Waals surface area contributed by atoms with Crippen molar-refractivity contribution in [2.24, 2.45) is 0 Å². The first-order valence-electron chi connectivity index (χ1n) is 11.4. The molecule has 0 aliphatic carbocycles. The zero-order valence-electron chi connectivity index (χ0n) is 19.8. The van der Waals surface area contributed by atoms with Gasteiger partial charge in [-0.1, -0.05) is 23.7 Å². The van der Waals surface area contributed by atoms with Crippen LogP contribution in [0.5, 0.6) is 0 Å². The molecule has 2 aliphatic heterocycles. The molecule has 6 nitrogen and oxygen atoms in total. The van der Waals surface area contributed by atoms with Gasteiger partial charge in [-0.05, 0) is 48.7 Å². The van der Waals surface area contributed by atoms with Crippen LogP contribution in [0.15, 0.2) is 42.5 Å². The van der Waals surface area contributed by atoms with Gasteiger partial charge in [0.1, 0.15) is 23.9 Å². The van der Waals surface area contributed by atoms with Crippen molar-refractivity contribution >= 4 is 29.4 Å². The normalized spacial score (nSPS) is 22.2. The molecule has 0 aromatic heterocycles. The third kappa shape index (κ3) is 6.10. The number of hydrogen-bond donors (Lipinski definition) is 1. The molecule has 11 heteroatoms. The number of carbonyl (C=O) groups excluding carboxylic acids is 2. The van der Waals surface area contributed by atoms with Gasteiger partial charge >= 0.3 is 12.3 Å². The lowest BCUT2D eigenvalue weighted by molar-refractivity contribution is -0.956. The highest BCUT2D eigenvalue weighted by Crippen LogP contribution is 2.48. The van der Waals surface area contributed by atoms with E-state index in [4.69, 9.17) is 26.2 Å². The summed E-state index contributed by atoms with van der Waals surface area (Å²) in [6, 6.07) is 12.2. The Kier molecular flexibility index (Phi) is 8.20. The molecule has 0 unspecified atom stereocenters. The van der Waals surface area contributed by atoms with Crippen LogP contribution in [0.25, 0.3) is 11.1 Å². The van der Waals surface area contributed by atoms with E-state index < -0.39 is 24.1 Å². The number of carboxylic acid groups (broad SMARTS) is 1. The number of quaternary nitrogens is 1. The fourth-order valence-corrected chi connectivity index (χ4v) is 5.36. The smallest absolute Gasteiger partial charge is 0.430 e. The number of fused-ring (bicyclic) bond motifs is 2. The minimum absolute atomic E-state index is 0.0159. The lowest BCUT2D eigenvalue weighted by Gasteiger charge is -2.49. The van der Waals surface area contributed by atoms with Gasteiger partial charge in [-0.2, -0.15) is 13.2 Å². The molecule has 2 heterocycles. The minimum Gasteiger partial charge on any atom is -0.542 e. The standard InChI is InChI=1S/C23H26ClFN2O2.C2HF3O2/c1-27(2)19-7-4-11-23(27,12-10-19)15-29-22(28)26-21-14-18(25)8-9-20(21)16-5-3-6-17(24)13-16;3-2(4,5)1(6)7/h3,5-6,8-9,13-14,19H,4,7,10-12,15H2,1-2H3;(H,6,7)/t19-,23+;/m1./s1. The van der Waals surface area contributed by atoms with Crippen LogP contribution < -0.4 is 10.4 Å². The number of nitrogens with one attached hydrogen (secondary N) is 1. The van der Waals surface area contributed by atoms with Gasteiger partial charge in [0.2, 0.25) is 0 Å². The largest absolute Gasteiger partial charge is 0.542 e. The molecule has 2 aromatic rings. The van der Waals surface area contributed by atoms with E-state index in [0.717, 1.165) is 22.9 Å². The summed E-state index contributed by atoms with van der Waals surface area (Å²) in [5.74, 6) is -3.43. The van der Waals surface area contributed by atoms with Crippen LogP contribution in [0.2, 0.25) is 5.02 Å². The Morgan fingerprint density at radius 3 is 2.50 bits per heavy atom. The highest BCUT2D eigenvalue weighted by Gasteiger charge is 2.58. The quantitative estimate of drug-likeness (QED) is 0.438. The molecule has 0 radical (unpaired) electrons. The first-order valence-corrected chi connectivity index (χ1v) is 11.7. The minimum atomic E-state index is -5.19. The second-order valence-corrected chi connectivity index (χ2v) is 9.97. The lowest BCUT2D eigenvalue weighted by atomic mass is 9.87. The molecule has 1 N–H and O–H groups in total. The third-order valence-corrected chi connectivity index (χ3v) is 7.55. The van der Waals surface area contributed by atoms with Crippen LogP contribution in [0.4, 0.5) is 28.0 Å². The molecule has 36 heavy (non-hydrogen) atoms. The Balaban J connectivity index is 0.000000454. The van der Waals surface area contributed by atoms with Gasteiger partial charge in [0.15, 0.2) is 0 Å². The van der Waals surface area contributed by atoms with Crippen molar-refractivity contribution in [2.75, 3.05) is 26.0 Å². The van der Waals surface area contributed by atoms with Crippen molar-refractivity contribution in [3.8, 4) is 11.1 Å². The van der Waals surface area contributed by atoms with Crippen molar-refractivity contribution in [1.82, 2.24) is 0 Å². The highest BCUT2D eigenvalue weighted by atomic mass is 35.5. The maximum absolute atomic E-state index is 13.9. The number of anilines is 1. The zero-order valence-corrected chi connectivity index (χ0v) is 20.6. The van der Waals surface area contributed by atoms with E-state index in [1.807, 2.05) is 12.1 Å². The van der Waals surface area contributed by atoms with Gasteiger partial charge < -0.3 is 19.1 Å². The van der Waals surface area contributed by atoms with E-state index in [1.54, 1.807) is 18.2 Å². The third-order valence-electron chi connectivity index (χ3n) is 7.32. The van der Waals surface area contributed by atoms with Crippen molar-refractivity contribution in [2.45, 2.75) is 49.9 Å². The molecule has 4 rings (SSSR count). The van der Waals surface area contributed by atoms with Crippen LogP contribution in [0.3, 0.4) is 0 Å². The fraction of sp³-hybridized carbons (Fsp3) is 0.440. The van der Waals surface area contributed by atoms with Gasteiger partial charge in [0, 0.05) is 29.8 Å². The molecule has 1 amide bonds. The number of likely N-dealkylation sites (N-methyl/N-ethyl adjacent to an activating group) is 1. The monoisotopic (exact) mass is 530 g/mol. The van der Waals surface area contributed by atoms with Gasteiger partial charge in [0.25, 0.3) is 0 Å². The molecule has 196 valence electrons. The van der Waals surface area contributed by atoms with Gasteiger partial charge in [-0.15, -0.1) is 0 Å². The van der Waals surface area contributed by atoms with Crippen LogP contribution >= 0.6 is 11.6 Å². The SMILES string of the molecule is C[N+]1(C)[C@@H]2CCC[C@@]1(COC(=O)Nc1cc(F)ccc1-c1cccc(Cl)c1)CC2.O=C([O-])C(F)(F)F. The number of carboxylic acids is 1. The summed E-state index contributed by atoms with van der Waals surface area (Å²) in [5, 5.41) is 12.1. The summed E-state index contributed by atoms with van der Waals surface area (Å²) < 4.78 is 52.0. The van der Waals surface area contributed by atoms with Crippen molar-refractivity contribution in [3.05, 3.63) is 53.3 Å². The number of rotatable bonds is 4. The van der Waals surface area contributed by atoms with E-state index in [9.17, 15) is 22.4 Å². The highest BCUT2D eigenvalue weighted by molar-refractivity contribution is 6.30. The van der Waals surface area contributed by atoms with Crippen molar-refractivity contribution in [1.29, 1.82) is 0 Å². The molecule has 2 saturated heterocycles. The van der Waals surface area contributed by atoms with Crippen molar-refractivity contribution in [3.63, 3.8) is 0 Å². The van der Waals surface area contributed by atoms with Gasteiger partial charge in [-0.3, -0.25) is 5.32 Å². The number of ether oxygens (including phenoxy) is 1. The van der Waals surface area contributed by atoms with E-state index >= 15 is 0 Å². The first kappa shape index (κ1) is 27.7. The number of benzene rings is 2. The second-order valence-electron chi connectivity index (χ2n) is 9.54. The van der Waals surface area contributed by atoms with E-state index in [1.165, 1.54) is 31.4 Å². The van der Waals surface area contributed by atoms with Gasteiger partial charge in [0.05, 0.1) is 25.8 Å². The average molecular weight is 531 g/mol. The molecule has 2 aromatic carbocycles. The molecule has 0 spiro atoms. The molecule has 2 aliphatic rings. The maximum atomic E-state index is 13.9. The Morgan fingerprint density at radius 1 is 1.17 bits per heavy atom. The van der Waals surface area contributed by atoms with E-state index in [-0.39, 0.29) is 5.54 Å². The summed E-state index contributed by atoms with van der Waals surface area (Å²) in [4.78, 5) is 21.4. The van der Waals surface area contributed by atoms with Crippen molar-refractivity contribution < 1.29 is 41.5 Å². The van der Waals surface area contributed by atoms with Crippen LogP contribution in [-0.4, -0.2) is 55.0 Å². The van der Waals surface area contributed by atoms with Crippen LogP contribution in [0, 0.1) is 5.82 Å². The first-order chi connectivity index (χ1) is 16.7. The average Bonchev–Trinajstić information content (AvgIpc) is 2.92. The second kappa shape index (κ2) is 10.6. The summed E-state index contributed by atoms with van der Waals surface area (Å²) in [6.07, 6.45) is -0.000524. The predicted molar refractivity (Wildman–Crippen MR) is 125 cm³/mol. The number of alkyl halides is 3. The van der Waals surface area contributed by atoms with Crippen LogP contribution in [-0.2, 0) is 9.53 Å². The topological polar surface area (TPSA) is 78.5 Å². The predicted octanol–water partition coefficient (Wildman–Crippen LogP) is 5.15. The number of nitrogens with zero attached hydrogens (tertiary/aromatic N) is 1. The van der Waals surface area contributed by atoms with Crippen LogP contribution in [0.1, 0.15) is 32.1 Å². The Bertz CT molecular complexity index is 1120. The Labute approximate surface area is 211 Å². The molecule has 2 fully saturated rings. The summed E-state index contributed by atoms with van der Waals surface area (Å²) in [7, 11) is 4.50. The number of aliphatic carboxylic acids is 1. The summed E-state index contributed by atoms with van der Waals surface area (Å²) in [5.41, 5.74) is 1.85.